The van der Waals surface area contributed by atoms with E-state index in [2.05, 4.69) is 9.97 Å². The number of carbonyl (C=O) groups is 1. The number of hydrogen-bond acceptors (Lipinski definition) is 4. The van der Waals surface area contributed by atoms with Crippen molar-refractivity contribution in [1.82, 2.24) is 14.9 Å². The van der Waals surface area contributed by atoms with Crippen LogP contribution < -0.4 is 5.56 Å². The molecule has 0 unspecified atom stereocenters. The summed E-state index contributed by atoms with van der Waals surface area (Å²) in [5.74, 6) is 0.613. The summed E-state index contributed by atoms with van der Waals surface area (Å²) in [7, 11) is 0. The zero-order valence-corrected chi connectivity index (χ0v) is 14.6. The summed E-state index contributed by atoms with van der Waals surface area (Å²) in [5, 5.41) is 0. The highest BCUT2D eigenvalue weighted by molar-refractivity contribution is 5.77. The van der Waals surface area contributed by atoms with Crippen molar-refractivity contribution in [2.75, 3.05) is 19.8 Å². The van der Waals surface area contributed by atoms with Crippen LogP contribution in [0.4, 0.5) is 0 Å². The molecule has 2 aromatic rings. The molecule has 0 spiro atoms. The number of rotatable bonds is 4. The number of benzene rings is 1. The van der Waals surface area contributed by atoms with Crippen molar-refractivity contribution in [2.45, 2.75) is 32.7 Å². The zero-order chi connectivity index (χ0) is 17.8. The van der Waals surface area contributed by atoms with E-state index >= 15 is 0 Å². The van der Waals surface area contributed by atoms with Crippen LogP contribution in [0.2, 0.25) is 0 Å². The first-order valence-corrected chi connectivity index (χ1v) is 8.58. The van der Waals surface area contributed by atoms with Crippen LogP contribution in [0, 0.1) is 6.92 Å². The lowest BCUT2D eigenvalue weighted by Gasteiger charge is -2.33. The van der Waals surface area contributed by atoms with Crippen LogP contribution in [0.1, 0.15) is 24.6 Å². The lowest BCUT2D eigenvalue weighted by atomic mass is 10.1. The summed E-state index contributed by atoms with van der Waals surface area (Å²) in [5.41, 5.74) is 1.95. The van der Waals surface area contributed by atoms with Crippen molar-refractivity contribution < 1.29 is 9.53 Å². The van der Waals surface area contributed by atoms with E-state index < -0.39 is 0 Å². The molecule has 0 aliphatic carbocycles. The molecule has 1 atom stereocenters. The Bertz CT molecular complexity index is 801. The SMILES string of the molecule is Cc1nc(-c2ccccc2)[nH]c(=O)c1CCC(=O)N1CCOC[C@@H]1C. The highest BCUT2D eigenvalue weighted by Crippen LogP contribution is 2.15. The van der Waals surface area contributed by atoms with Gasteiger partial charge in [0.05, 0.1) is 19.3 Å². The third-order valence-corrected chi connectivity index (χ3v) is 4.55. The Labute approximate surface area is 146 Å². The van der Waals surface area contributed by atoms with Crippen LogP contribution in [-0.4, -0.2) is 46.6 Å². The normalized spacial score (nSPS) is 17.5. The van der Waals surface area contributed by atoms with Crippen molar-refractivity contribution in [1.29, 1.82) is 0 Å². The number of aromatic nitrogens is 2. The summed E-state index contributed by atoms with van der Waals surface area (Å²) >= 11 is 0. The van der Waals surface area contributed by atoms with E-state index in [1.807, 2.05) is 49.1 Å². The number of aryl methyl sites for hydroxylation is 1. The molecule has 1 aromatic carbocycles. The molecule has 132 valence electrons. The fraction of sp³-hybridized carbons (Fsp3) is 0.421. The van der Waals surface area contributed by atoms with Gasteiger partial charge >= 0.3 is 0 Å². The minimum absolute atomic E-state index is 0.0572. The monoisotopic (exact) mass is 341 g/mol. The van der Waals surface area contributed by atoms with Gasteiger partial charge in [-0.25, -0.2) is 4.98 Å². The summed E-state index contributed by atoms with van der Waals surface area (Å²) in [4.78, 5) is 34.1. The Morgan fingerprint density at radius 2 is 2.12 bits per heavy atom. The standard InChI is InChI=1S/C19H23N3O3/c1-13-12-25-11-10-22(13)17(23)9-8-16-14(2)20-18(21-19(16)24)15-6-4-3-5-7-15/h3-7,13H,8-12H2,1-2H3,(H,20,21,24)/t13-/m0/s1. The minimum Gasteiger partial charge on any atom is -0.377 e. The number of carbonyl (C=O) groups excluding carboxylic acids is 1. The van der Waals surface area contributed by atoms with Crippen LogP contribution in [0.3, 0.4) is 0 Å². The Morgan fingerprint density at radius 1 is 1.36 bits per heavy atom. The lowest BCUT2D eigenvalue weighted by Crippen LogP contribution is -2.47. The lowest BCUT2D eigenvalue weighted by molar-refractivity contribution is -0.139. The van der Waals surface area contributed by atoms with Gasteiger partial charge in [0.15, 0.2) is 0 Å². The fourth-order valence-corrected chi connectivity index (χ4v) is 3.11. The summed E-state index contributed by atoms with van der Waals surface area (Å²) < 4.78 is 5.36. The van der Waals surface area contributed by atoms with Gasteiger partial charge in [0.1, 0.15) is 5.82 Å². The average molecular weight is 341 g/mol. The first-order chi connectivity index (χ1) is 12.1. The Hall–Kier alpha value is -2.47. The first-order valence-electron chi connectivity index (χ1n) is 8.58. The van der Waals surface area contributed by atoms with E-state index in [1.165, 1.54) is 0 Å². The number of ether oxygens (including phenoxy) is 1. The molecule has 1 saturated heterocycles. The van der Waals surface area contributed by atoms with Gasteiger partial charge in [0, 0.05) is 29.8 Å². The second kappa shape index (κ2) is 7.61. The largest absolute Gasteiger partial charge is 0.377 e. The molecule has 2 heterocycles. The van der Waals surface area contributed by atoms with E-state index in [4.69, 9.17) is 4.74 Å². The van der Waals surface area contributed by atoms with Gasteiger partial charge < -0.3 is 14.6 Å². The second-order valence-electron chi connectivity index (χ2n) is 6.36. The van der Waals surface area contributed by atoms with Crippen molar-refractivity contribution in [3.63, 3.8) is 0 Å². The third-order valence-electron chi connectivity index (χ3n) is 4.55. The van der Waals surface area contributed by atoms with E-state index in [0.717, 1.165) is 5.56 Å². The van der Waals surface area contributed by atoms with Crippen molar-refractivity contribution in [3.05, 3.63) is 51.9 Å². The van der Waals surface area contributed by atoms with E-state index in [9.17, 15) is 9.59 Å². The molecule has 1 amide bonds. The van der Waals surface area contributed by atoms with Gasteiger partial charge in [0.2, 0.25) is 5.91 Å². The number of hydrogen-bond donors (Lipinski definition) is 1. The van der Waals surface area contributed by atoms with Gasteiger partial charge in [-0.2, -0.15) is 0 Å². The Balaban J connectivity index is 1.73. The molecule has 1 aliphatic rings. The van der Waals surface area contributed by atoms with E-state index in [-0.39, 0.29) is 17.5 Å². The molecule has 1 aromatic heterocycles. The van der Waals surface area contributed by atoms with Crippen LogP contribution in [0.15, 0.2) is 35.1 Å². The highest BCUT2D eigenvalue weighted by atomic mass is 16.5. The predicted octanol–water partition coefficient (Wildman–Crippen LogP) is 1.93. The number of nitrogens with one attached hydrogen (secondary N) is 1. The fourth-order valence-electron chi connectivity index (χ4n) is 3.11. The minimum atomic E-state index is -0.172. The zero-order valence-electron chi connectivity index (χ0n) is 14.6. The number of amides is 1. The number of H-pyrrole nitrogens is 1. The predicted molar refractivity (Wildman–Crippen MR) is 95.3 cm³/mol. The van der Waals surface area contributed by atoms with E-state index in [1.54, 1.807) is 0 Å². The summed E-state index contributed by atoms with van der Waals surface area (Å²) in [6.07, 6.45) is 0.701. The Morgan fingerprint density at radius 3 is 2.80 bits per heavy atom. The molecule has 6 heteroatoms. The molecule has 25 heavy (non-hydrogen) atoms. The maximum Gasteiger partial charge on any atom is 0.254 e. The van der Waals surface area contributed by atoms with Crippen LogP contribution in [0.5, 0.6) is 0 Å². The topological polar surface area (TPSA) is 75.3 Å². The van der Waals surface area contributed by atoms with Gasteiger partial charge in [-0.05, 0) is 20.3 Å². The third kappa shape index (κ3) is 3.96. The van der Waals surface area contributed by atoms with E-state index in [0.29, 0.717) is 49.7 Å². The molecule has 0 radical (unpaired) electrons. The molecule has 6 nitrogen and oxygen atoms in total. The second-order valence-corrected chi connectivity index (χ2v) is 6.36. The van der Waals surface area contributed by atoms with Crippen molar-refractivity contribution >= 4 is 5.91 Å². The average Bonchev–Trinajstić information content (AvgIpc) is 2.62. The maximum atomic E-state index is 12.4. The number of aromatic amines is 1. The van der Waals surface area contributed by atoms with Crippen LogP contribution in [-0.2, 0) is 16.0 Å². The molecule has 1 aliphatic heterocycles. The molecule has 1 fully saturated rings. The van der Waals surface area contributed by atoms with Crippen LogP contribution >= 0.6 is 0 Å². The molecular formula is C19H23N3O3. The van der Waals surface area contributed by atoms with Crippen LogP contribution in [0.25, 0.3) is 11.4 Å². The van der Waals surface area contributed by atoms with Gasteiger partial charge in [0.25, 0.3) is 5.56 Å². The highest BCUT2D eigenvalue weighted by Gasteiger charge is 2.23. The van der Waals surface area contributed by atoms with Crippen molar-refractivity contribution in [2.24, 2.45) is 0 Å². The quantitative estimate of drug-likeness (QED) is 0.922. The van der Waals surface area contributed by atoms with Crippen molar-refractivity contribution in [3.8, 4) is 11.4 Å². The van der Waals surface area contributed by atoms with Gasteiger partial charge in [-0.1, -0.05) is 30.3 Å². The number of nitrogens with zero attached hydrogens (tertiary/aromatic N) is 2. The molecule has 0 bridgehead atoms. The molecular weight excluding hydrogens is 318 g/mol. The molecule has 0 saturated carbocycles. The summed E-state index contributed by atoms with van der Waals surface area (Å²) in [6.45, 7) is 5.55. The summed E-state index contributed by atoms with van der Waals surface area (Å²) in [6, 6.07) is 9.61. The Kier molecular flexibility index (Phi) is 5.28. The maximum absolute atomic E-state index is 12.4. The van der Waals surface area contributed by atoms with Gasteiger partial charge in [-0.15, -0.1) is 0 Å². The molecule has 1 N–H and O–H groups in total. The smallest absolute Gasteiger partial charge is 0.254 e. The first kappa shape index (κ1) is 17.4. The number of morpholine rings is 1. The van der Waals surface area contributed by atoms with Gasteiger partial charge in [-0.3, -0.25) is 9.59 Å². The molecule has 3 rings (SSSR count).